The minimum absolute atomic E-state index is 0.0559. The number of rotatable bonds is 10. The zero-order valence-electron chi connectivity index (χ0n) is 18.8. The van der Waals surface area contributed by atoms with Gasteiger partial charge in [-0.3, -0.25) is 10.1 Å². The molecule has 0 saturated heterocycles. The lowest BCUT2D eigenvalue weighted by Crippen LogP contribution is -2.45. The Hall–Kier alpha value is -1.71. The first-order chi connectivity index (χ1) is 13.4. The molecular weight excluding hydrogens is 398 g/mol. The van der Waals surface area contributed by atoms with Crippen LogP contribution < -0.4 is 4.74 Å². The normalized spacial score (nSPS) is 14.6. The molecule has 0 N–H and O–H groups in total. The Labute approximate surface area is 176 Å². The van der Waals surface area contributed by atoms with E-state index in [-0.39, 0.29) is 16.7 Å². The quantitative estimate of drug-likeness (QED) is 0.227. The van der Waals surface area contributed by atoms with Crippen molar-refractivity contribution < 1.29 is 13.8 Å². The molecule has 0 aliphatic heterocycles. The highest BCUT2D eigenvalue weighted by molar-refractivity contribution is 6.84. The van der Waals surface area contributed by atoms with Gasteiger partial charge in [-0.2, -0.15) is 0 Å². The maximum atomic E-state index is 11.7. The van der Waals surface area contributed by atoms with Gasteiger partial charge in [-0.1, -0.05) is 37.6 Å². The second-order valence-corrected chi connectivity index (χ2v) is 18.7. The predicted molar refractivity (Wildman–Crippen MR) is 126 cm³/mol. The van der Waals surface area contributed by atoms with Crippen molar-refractivity contribution in [2.45, 2.75) is 77.5 Å². The Balaban J connectivity index is 1.99. The van der Waals surface area contributed by atoms with Gasteiger partial charge in [0, 0.05) is 0 Å². The van der Waals surface area contributed by atoms with E-state index in [1.807, 2.05) is 31.2 Å². The number of hydrogen-bond donors (Lipinski definition) is 0. The molecule has 2 aromatic carbocycles. The molecule has 0 heterocycles. The highest BCUT2D eigenvalue weighted by atomic mass is 28.4. The smallest absolute Gasteiger partial charge is 0.318 e. The van der Waals surface area contributed by atoms with E-state index in [1.165, 1.54) is 0 Å². The van der Waals surface area contributed by atoms with E-state index in [0.717, 1.165) is 24.6 Å². The molecule has 1 unspecified atom stereocenters. The summed E-state index contributed by atoms with van der Waals surface area (Å²) in [6.07, 6.45) is 2.91. The fourth-order valence-electron chi connectivity index (χ4n) is 3.74. The summed E-state index contributed by atoms with van der Waals surface area (Å²) in [6, 6.07) is 11.0. The lowest BCUT2D eigenvalue weighted by Gasteiger charge is -2.36. The van der Waals surface area contributed by atoms with Crippen molar-refractivity contribution >= 4 is 33.1 Å². The average molecular weight is 434 g/mol. The summed E-state index contributed by atoms with van der Waals surface area (Å²) in [5.41, 5.74) is 0.622. The van der Waals surface area contributed by atoms with Crippen LogP contribution in [0.2, 0.25) is 38.3 Å². The summed E-state index contributed by atoms with van der Waals surface area (Å²) < 4.78 is 12.5. The van der Waals surface area contributed by atoms with Gasteiger partial charge in [0.1, 0.15) is 0 Å². The molecule has 0 spiro atoms. The van der Waals surface area contributed by atoms with Crippen LogP contribution >= 0.6 is 0 Å². The summed E-state index contributed by atoms with van der Waals surface area (Å²) >= 11 is 0. The molecule has 0 aromatic heterocycles. The van der Waals surface area contributed by atoms with Crippen LogP contribution in [0.3, 0.4) is 0 Å². The van der Waals surface area contributed by atoms with Crippen LogP contribution in [0.1, 0.15) is 33.1 Å². The third-order valence-corrected chi connectivity index (χ3v) is 12.6. The van der Waals surface area contributed by atoms with Gasteiger partial charge in [-0.25, -0.2) is 0 Å². The third-order valence-electron chi connectivity index (χ3n) is 5.38. The van der Waals surface area contributed by atoms with Gasteiger partial charge in [-0.05, 0) is 75.6 Å². The number of nitro benzene ring substituents is 1. The lowest BCUT2D eigenvalue weighted by atomic mass is 10.1. The van der Waals surface area contributed by atoms with Crippen molar-refractivity contribution in [1.29, 1.82) is 0 Å². The third kappa shape index (κ3) is 6.65. The number of hydrogen-bond acceptors (Lipinski definition) is 4. The molecule has 2 rings (SSSR count). The lowest BCUT2D eigenvalue weighted by molar-refractivity contribution is -0.384. The molecule has 2 aromatic rings. The van der Waals surface area contributed by atoms with Crippen molar-refractivity contribution in [2.75, 3.05) is 0 Å². The van der Waals surface area contributed by atoms with Crippen LogP contribution in [0.4, 0.5) is 5.69 Å². The van der Waals surface area contributed by atoms with Gasteiger partial charge in [0.15, 0.2) is 22.4 Å². The fourth-order valence-corrected chi connectivity index (χ4v) is 11.8. The van der Waals surface area contributed by atoms with Gasteiger partial charge in [-0.15, -0.1) is 0 Å². The van der Waals surface area contributed by atoms with Gasteiger partial charge < -0.3 is 8.85 Å². The maximum Gasteiger partial charge on any atom is 0.318 e. The Bertz CT molecular complexity index is 848. The van der Waals surface area contributed by atoms with Crippen LogP contribution in [-0.2, 0) is 4.12 Å². The van der Waals surface area contributed by atoms with Crippen LogP contribution in [0, 0.1) is 10.1 Å². The Morgan fingerprint density at radius 3 is 2.28 bits per heavy atom. The van der Waals surface area contributed by atoms with E-state index < -0.39 is 16.6 Å². The first-order valence-electron chi connectivity index (χ1n) is 10.4. The van der Waals surface area contributed by atoms with E-state index in [4.69, 9.17) is 8.85 Å². The molecule has 0 bridgehead atoms. The van der Waals surface area contributed by atoms with E-state index >= 15 is 0 Å². The van der Waals surface area contributed by atoms with Gasteiger partial charge in [0.05, 0.1) is 16.4 Å². The van der Waals surface area contributed by atoms with Crippen LogP contribution in [0.5, 0.6) is 5.75 Å². The molecule has 7 heteroatoms. The largest absolute Gasteiger partial charge is 0.484 e. The SMILES string of the molecule is CC(CCC[C@@H](C)[Si](C)(C)O[Si](C)(C)C)Oc1ccc2ccccc2c1[N+](=O)[O-]. The van der Waals surface area contributed by atoms with Gasteiger partial charge in [0.25, 0.3) is 0 Å². The zero-order chi connectivity index (χ0) is 21.8. The second-order valence-electron chi connectivity index (χ2n) is 9.47. The van der Waals surface area contributed by atoms with Crippen LogP contribution in [0.15, 0.2) is 36.4 Å². The first kappa shape index (κ1) is 23.6. The van der Waals surface area contributed by atoms with Gasteiger partial charge >= 0.3 is 5.69 Å². The number of nitro groups is 1. The van der Waals surface area contributed by atoms with E-state index in [9.17, 15) is 10.1 Å². The summed E-state index contributed by atoms with van der Waals surface area (Å²) in [4.78, 5) is 11.3. The summed E-state index contributed by atoms with van der Waals surface area (Å²) in [5.74, 6) is 0.353. The molecule has 5 nitrogen and oxygen atoms in total. The maximum absolute atomic E-state index is 11.7. The highest BCUT2D eigenvalue weighted by Gasteiger charge is 2.34. The molecule has 0 radical (unpaired) electrons. The minimum Gasteiger partial charge on any atom is -0.484 e. The topological polar surface area (TPSA) is 61.6 Å². The van der Waals surface area contributed by atoms with E-state index in [2.05, 4.69) is 39.7 Å². The summed E-state index contributed by atoms with van der Waals surface area (Å²) in [7, 11) is -3.24. The van der Waals surface area contributed by atoms with Crippen LogP contribution in [-0.4, -0.2) is 27.7 Å². The van der Waals surface area contributed by atoms with Crippen molar-refractivity contribution in [1.82, 2.24) is 0 Å². The number of fused-ring (bicyclic) bond motifs is 1. The molecule has 0 fully saturated rings. The standard InChI is InChI=1S/C22H35NO4Si2/c1-17(11-10-12-18(2)29(6,7)27-28(3,4)5)26-21-16-15-19-13-8-9-14-20(19)22(21)23(24)25/h8-9,13-18H,10-12H2,1-7H3/t17?,18-/m1/s1. The van der Waals surface area contributed by atoms with Crippen molar-refractivity contribution in [2.24, 2.45) is 0 Å². The van der Waals surface area contributed by atoms with E-state index in [1.54, 1.807) is 12.1 Å². The monoisotopic (exact) mass is 433 g/mol. The fraction of sp³-hybridized carbons (Fsp3) is 0.545. The summed E-state index contributed by atoms with van der Waals surface area (Å²) in [5, 5.41) is 13.1. The van der Waals surface area contributed by atoms with Crippen molar-refractivity contribution in [3.63, 3.8) is 0 Å². The first-order valence-corrected chi connectivity index (χ1v) is 16.8. The average Bonchev–Trinajstić information content (AvgIpc) is 2.59. The second kappa shape index (κ2) is 9.40. The molecule has 0 aliphatic carbocycles. The van der Waals surface area contributed by atoms with Crippen LogP contribution in [0.25, 0.3) is 10.8 Å². The molecule has 29 heavy (non-hydrogen) atoms. The minimum atomic E-state index is -1.71. The molecule has 2 atom stereocenters. The number of nitrogens with zero attached hydrogens (tertiary/aromatic N) is 1. The molecule has 0 amide bonds. The summed E-state index contributed by atoms with van der Waals surface area (Å²) in [6.45, 7) is 15.7. The molecular formula is C22H35NO4Si2. The predicted octanol–water partition coefficient (Wildman–Crippen LogP) is 7.13. The Morgan fingerprint density at radius 2 is 1.66 bits per heavy atom. The molecule has 0 aliphatic rings. The number of benzene rings is 2. The Morgan fingerprint density at radius 1 is 1.00 bits per heavy atom. The highest BCUT2D eigenvalue weighted by Crippen LogP contribution is 2.36. The van der Waals surface area contributed by atoms with E-state index in [0.29, 0.717) is 16.7 Å². The Kier molecular flexibility index (Phi) is 7.64. The number of ether oxygens (including phenoxy) is 1. The molecule has 160 valence electrons. The van der Waals surface area contributed by atoms with Gasteiger partial charge in [0.2, 0.25) is 0 Å². The van der Waals surface area contributed by atoms with Crippen molar-refractivity contribution in [3.8, 4) is 5.75 Å². The van der Waals surface area contributed by atoms with Crippen molar-refractivity contribution in [3.05, 3.63) is 46.5 Å². The zero-order valence-corrected chi connectivity index (χ0v) is 20.8. The molecule has 0 saturated carbocycles.